The zero-order valence-electron chi connectivity index (χ0n) is 11.7. The molecule has 0 aliphatic rings. The van der Waals surface area contributed by atoms with Crippen molar-refractivity contribution in [2.45, 2.75) is 32.8 Å². The molecule has 0 spiro atoms. The van der Waals surface area contributed by atoms with Gasteiger partial charge in [0.25, 0.3) is 0 Å². The van der Waals surface area contributed by atoms with Crippen LogP contribution in [0.4, 0.5) is 4.79 Å². The SMILES string of the molecule is CC(C)(C)OC(=O)NCCC#Cc1cc(Cl)ccc1Br. The number of carbonyl (C=O) groups is 1. The molecule has 20 heavy (non-hydrogen) atoms. The topological polar surface area (TPSA) is 38.3 Å². The number of carbonyl (C=O) groups excluding carboxylic acids is 1. The summed E-state index contributed by atoms with van der Waals surface area (Å²) in [5, 5.41) is 3.29. The van der Waals surface area contributed by atoms with Crippen LogP contribution in [0.2, 0.25) is 5.02 Å². The highest BCUT2D eigenvalue weighted by Crippen LogP contribution is 2.20. The van der Waals surface area contributed by atoms with Gasteiger partial charge in [0.05, 0.1) is 0 Å². The number of alkyl carbamates (subject to hydrolysis) is 1. The van der Waals surface area contributed by atoms with Crippen LogP contribution in [-0.2, 0) is 4.74 Å². The fraction of sp³-hybridized carbons (Fsp3) is 0.400. The van der Waals surface area contributed by atoms with Crippen LogP contribution in [0.1, 0.15) is 32.8 Å². The van der Waals surface area contributed by atoms with Crippen LogP contribution < -0.4 is 5.32 Å². The average Bonchev–Trinajstić information content (AvgIpc) is 2.30. The molecule has 108 valence electrons. The second-order valence-electron chi connectivity index (χ2n) is 5.10. The standard InChI is InChI=1S/C15H17BrClNO2/c1-15(2,3)20-14(19)18-9-5-4-6-11-10-12(17)7-8-13(11)16/h7-8,10H,5,9H2,1-3H3,(H,18,19). The largest absolute Gasteiger partial charge is 0.444 e. The van der Waals surface area contributed by atoms with Crippen molar-refractivity contribution in [1.82, 2.24) is 5.32 Å². The second kappa shape index (κ2) is 7.56. The first-order valence-corrected chi connectivity index (χ1v) is 7.36. The molecular weight excluding hydrogens is 342 g/mol. The lowest BCUT2D eigenvalue weighted by atomic mass is 10.2. The summed E-state index contributed by atoms with van der Waals surface area (Å²) in [6.45, 7) is 5.91. The monoisotopic (exact) mass is 357 g/mol. The van der Waals surface area contributed by atoms with Crippen LogP contribution in [-0.4, -0.2) is 18.2 Å². The average molecular weight is 359 g/mol. The lowest BCUT2D eigenvalue weighted by Gasteiger charge is -2.19. The molecule has 0 aliphatic carbocycles. The molecule has 1 rings (SSSR count). The molecule has 0 bridgehead atoms. The minimum atomic E-state index is -0.485. The third-order valence-corrected chi connectivity index (χ3v) is 3.00. The van der Waals surface area contributed by atoms with Gasteiger partial charge in [-0.25, -0.2) is 4.79 Å². The molecule has 0 saturated carbocycles. The van der Waals surface area contributed by atoms with Crippen molar-refractivity contribution >= 4 is 33.6 Å². The normalized spacial score (nSPS) is 10.4. The van der Waals surface area contributed by atoms with E-state index in [4.69, 9.17) is 16.3 Å². The van der Waals surface area contributed by atoms with E-state index in [9.17, 15) is 4.79 Å². The van der Waals surface area contributed by atoms with Gasteiger partial charge in [-0.15, -0.1) is 0 Å². The van der Waals surface area contributed by atoms with Gasteiger partial charge < -0.3 is 10.1 Å². The number of nitrogens with one attached hydrogen (secondary N) is 1. The van der Waals surface area contributed by atoms with Gasteiger partial charge in [-0.1, -0.05) is 23.4 Å². The Kier molecular flexibility index (Phi) is 6.38. The lowest BCUT2D eigenvalue weighted by Crippen LogP contribution is -2.32. The number of benzene rings is 1. The molecule has 1 amide bonds. The van der Waals surface area contributed by atoms with Gasteiger partial charge in [0, 0.05) is 28.0 Å². The van der Waals surface area contributed by atoms with E-state index in [1.807, 2.05) is 26.8 Å². The van der Waals surface area contributed by atoms with Gasteiger partial charge in [0.2, 0.25) is 0 Å². The quantitative estimate of drug-likeness (QED) is 0.630. The van der Waals surface area contributed by atoms with Crippen molar-refractivity contribution < 1.29 is 9.53 Å². The molecule has 0 fully saturated rings. The third-order valence-electron chi connectivity index (χ3n) is 2.07. The Morgan fingerprint density at radius 1 is 1.45 bits per heavy atom. The van der Waals surface area contributed by atoms with Crippen LogP contribution in [0.3, 0.4) is 0 Å². The van der Waals surface area contributed by atoms with Crippen molar-refractivity contribution in [2.24, 2.45) is 0 Å². The summed E-state index contributed by atoms with van der Waals surface area (Å²) in [6.07, 6.45) is 0.112. The van der Waals surface area contributed by atoms with E-state index in [-0.39, 0.29) is 0 Å². The molecule has 3 nitrogen and oxygen atoms in total. The van der Waals surface area contributed by atoms with Crippen molar-refractivity contribution in [2.75, 3.05) is 6.54 Å². The van der Waals surface area contributed by atoms with Crippen LogP contribution in [0.5, 0.6) is 0 Å². The lowest BCUT2D eigenvalue weighted by molar-refractivity contribution is 0.0529. The number of hydrogen-bond donors (Lipinski definition) is 1. The third kappa shape index (κ3) is 6.83. The maximum atomic E-state index is 11.4. The van der Waals surface area contributed by atoms with Gasteiger partial charge in [-0.3, -0.25) is 0 Å². The molecule has 1 N–H and O–H groups in total. The minimum Gasteiger partial charge on any atom is -0.444 e. The van der Waals surface area contributed by atoms with Crippen LogP contribution in [0.25, 0.3) is 0 Å². The summed E-state index contributed by atoms with van der Waals surface area (Å²) >= 11 is 9.30. The molecule has 0 aromatic heterocycles. The summed E-state index contributed by atoms with van der Waals surface area (Å²) in [5.41, 5.74) is 0.344. The summed E-state index contributed by atoms with van der Waals surface area (Å²) in [5.74, 6) is 5.98. The molecule has 0 saturated heterocycles. The van der Waals surface area contributed by atoms with Crippen molar-refractivity contribution in [3.05, 3.63) is 33.3 Å². The Balaban J connectivity index is 2.40. The Labute approximate surface area is 133 Å². The molecule has 1 aromatic carbocycles. The second-order valence-corrected chi connectivity index (χ2v) is 6.40. The predicted octanol–water partition coefficient (Wildman–Crippen LogP) is 4.37. The summed E-state index contributed by atoms with van der Waals surface area (Å²) in [4.78, 5) is 11.4. The highest BCUT2D eigenvalue weighted by Gasteiger charge is 2.15. The number of rotatable bonds is 2. The predicted molar refractivity (Wildman–Crippen MR) is 84.9 cm³/mol. The summed E-state index contributed by atoms with van der Waals surface area (Å²) in [7, 11) is 0. The van der Waals surface area contributed by atoms with Gasteiger partial charge in [-0.2, -0.15) is 0 Å². The zero-order chi connectivity index (χ0) is 15.2. The van der Waals surface area contributed by atoms with E-state index in [0.29, 0.717) is 18.0 Å². The first-order chi connectivity index (χ1) is 9.28. The highest BCUT2D eigenvalue weighted by molar-refractivity contribution is 9.10. The first-order valence-electron chi connectivity index (χ1n) is 6.19. The maximum absolute atomic E-state index is 11.4. The smallest absolute Gasteiger partial charge is 0.407 e. The molecule has 0 atom stereocenters. The summed E-state index contributed by atoms with van der Waals surface area (Å²) in [6, 6.07) is 5.44. The van der Waals surface area contributed by atoms with E-state index < -0.39 is 11.7 Å². The molecule has 1 aromatic rings. The van der Waals surface area contributed by atoms with Gasteiger partial charge >= 0.3 is 6.09 Å². The minimum absolute atomic E-state index is 0.428. The van der Waals surface area contributed by atoms with E-state index >= 15 is 0 Å². The molecule has 0 aliphatic heterocycles. The molecular formula is C15H17BrClNO2. The maximum Gasteiger partial charge on any atom is 0.407 e. The Bertz CT molecular complexity index is 541. The number of hydrogen-bond acceptors (Lipinski definition) is 2. The highest BCUT2D eigenvalue weighted by atomic mass is 79.9. The Hall–Kier alpha value is -1.18. The molecule has 0 heterocycles. The fourth-order valence-corrected chi connectivity index (χ4v) is 1.81. The Morgan fingerprint density at radius 2 is 2.15 bits per heavy atom. The van der Waals surface area contributed by atoms with Crippen LogP contribution >= 0.6 is 27.5 Å². The Morgan fingerprint density at radius 3 is 2.80 bits per heavy atom. The first kappa shape index (κ1) is 16.9. The van der Waals surface area contributed by atoms with Crippen LogP contribution in [0.15, 0.2) is 22.7 Å². The van der Waals surface area contributed by atoms with Crippen molar-refractivity contribution in [3.63, 3.8) is 0 Å². The van der Waals surface area contributed by atoms with Gasteiger partial charge in [0.1, 0.15) is 5.60 Å². The number of halogens is 2. The van der Waals surface area contributed by atoms with Gasteiger partial charge in [0.15, 0.2) is 0 Å². The molecule has 5 heteroatoms. The number of ether oxygens (including phenoxy) is 1. The summed E-state index contributed by atoms with van der Waals surface area (Å²) < 4.78 is 6.01. The molecule has 0 radical (unpaired) electrons. The van der Waals surface area contributed by atoms with Crippen molar-refractivity contribution in [1.29, 1.82) is 0 Å². The van der Waals surface area contributed by atoms with Gasteiger partial charge in [-0.05, 0) is 54.9 Å². The zero-order valence-corrected chi connectivity index (χ0v) is 14.1. The van der Waals surface area contributed by atoms with Crippen molar-refractivity contribution in [3.8, 4) is 11.8 Å². The van der Waals surface area contributed by atoms with E-state index in [1.54, 1.807) is 12.1 Å². The number of amides is 1. The van der Waals surface area contributed by atoms with E-state index in [2.05, 4.69) is 33.1 Å². The van der Waals surface area contributed by atoms with E-state index in [0.717, 1.165) is 10.0 Å². The fourth-order valence-electron chi connectivity index (χ4n) is 1.29. The van der Waals surface area contributed by atoms with E-state index in [1.165, 1.54) is 0 Å². The molecule has 0 unspecified atom stereocenters. The van der Waals surface area contributed by atoms with Crippen LogP contribution in [0, 0.1) is 11.8 Å².